The van der Waals surface area contributed by atoms with Crippen molar-refractivity contribution in [2.75, 3.05) is 26.2 Å². The average molecular weight is 185 g/mol. The lowest BCUT2D eigenvalue weighted by Crippen LogP contribution is -2.34. The van der Waals surface area contributed by atoms with Crippen molar-refractivity contribution in [1.82, 2.24) is 10.6 Å². The molecule has 13 heavy (non-hydrogen) atoms. The van der Waals surface area contributed by atoms with Crippen LogP contribution in [0.4, 0.5) is 0 Å². The summed E-state index contributed by atoms with van der Waals surface area (Å²) >= 11 is 0. The smallest absolute Gasteiger partial charge is 0.218 e. The van der Waals surface area contributed by atoms with Crippen molar-refractivity contribution >= 4 is 5.91 Å². The van der Waals surface area contributed by atoms with Crippen LogP contribution in [0.25, 0.3) is 0 Å². The topological polar surface area (TPSA) is 67.2 Å². The number of nitrogens with one attached hydrogen (secondary N) is 2. The van der Waals surface area contributed by atoms with E-state index in [9.17, 15) is 4.79 Å². The van der Waals surface area contributed by atoms with Gasteiger partial charge in [0.15, 0.2) is 0 Å². The van der Waals surface area contributed by atoms with Gasteiger partial charge in [-0.05, 0) is 38.4 Å². The number of primary amides is 1. The molecule has 1 fully saturated rings. The van der Waals surface area contributed by atoms with E-state index in [0.717, 1.165) is 32.1 Å². The summed E-state index contributed by atoms with van der Waals surface area (Å²) in [5, 5.41) is 6.58. The fraction of sp³-hybridized carbons (Fsp3) is 0.889. The van der Waals surface area contributed by atoms with Crippen LogP contribution in [0.5, 0.6) is 0 Å². The quantitative estimate of drug-likeness (QED) is 0.503. The van der Waals surface area contributed by atoms with E-state index in [4.69, 9.17) is 5.73 Å². The van der Waals surface area contributed by atoms with Crippen LogP contribution in [-0.4, -0.2) is 32.1 Å². The van der Waals surface area contributed by atoms with E-state index in [1.54, 1.807) is 0 Å². The van der Waals surface area contributed by atoms with Crippen LogP contribution in [-0.2, 0) is 4.79 Å². The molecule has 1 saturated heterocycles. The summed E-state index contributed by atoms with van der Waals surface area (Å²) in [6.07, 6.45) is 2.93. The van der Waals surface area contributed by atoms with Crippen molar-refractivity contribution in [3.63, 3.8) is 0 Å². The second-order valence-electron chi connectivity index (χ2n) is 3.61. The fourth-order valence-corrected chi connectivity index (χ4v) is 1.60. The minimum atomic E-state index is -0.224. The first-order valence-electron chi connectivity index (χ1n) is 4.99. The number of carbonyl (C=O) groups excluding carboxylic acids is 1. The molecule has 0 unspecified atom stereocenters. The Bertz CT molecular complexity index is 155. The molecule has 4 N–H and O–H groups in total. The standard InChI is InChI=1S/C9H19N3O/c10-9(13)3-6-12-7-8-1-4-11-5-2-8/h8,11-12H,1-7H2,(H2,10,13). The van der Waals surface area contributed by atoms with E-state index in [1.165, 1.54) is 12.8 Å². The molecule has 0 aromatic carbocycles. The minimum Gasteiger partial charge on any atom is -0.370 e. The van der Waals surface area contributed by atoms with Gasteiger partial charge in [0, 0.05) is 13.0 Å². The van der Waals surface area contributed by atoms with Crippen molar-refractivity contribution in [2.45, 2.75) is 19.3 Å². The summed E-state index contributed by atoms with van der Waals surface area (Å²) in [6, 6.07) is 0. The Labute approximate surface area is 79.3 Å². The highest BCUT2D eigenvalue weighted by Crippen LogP contribution is 2.09. The number of carbonyl (C=O) groups is 1. The highest BCUT2D eigenvalue weighted by molar-refractivity contribution is 5.73. The Morgan fingerprint density at radius 1 is 1.46 bits per heavy atom. The molecular formula is C9H19N3O. The van der Waals surface area contributed by atoms with Crippen LogP contribution in [0.1, 0.15) is 19.3 Å². The van der Waals surface area contributed by atoms with Gasteiger partial charge in [-0.25, -0.2) is 0 Å². The zero-order chi connectivity index (χ0) is 9.52. The molecule has 4 nitrogen and oxygen atoms in total. The van der Waals surface area contributed by atoms with Gasteiger partial charge in [0.2, 0.25) is 5.91 Å². The highest BCUT2D eigenvalue weighted by Gasteiger charge is 2.11. The predicted molar refractivity (Wildman–Crippen MR) is 52.3 cm³/mol. The van der Waals surface area contributed by atoms with E-state index >= 15 is 0 Å². The second-order valence-corrected chi connectivity index (χ2v) is 3.61. The molecule has 1 aliphatic heterocycles. The van der Waals surface area contributed by atoms with Gasteiger partial charge in [-0.2, -0.15) is 0 Å². The molecule has 0 radical (unpaired) electrons. The first-order chi connectivity index (χ1) is 6.29. The van der Waals surface area contributed by atoms with E-state index < -0.39 is 0 Å². The average Bonchev–Trinajstić information content (AvgIpc) is 2.14. The molecule has 0 aromatic heterocycles. The third kappa shape index (κ3) is 4.85. The molecule has 0 saturated carbocycles. The molecule has 0 bridgehead atoms. The fourth-order valence-electron chi connectivity index (χ4n) is 1.60. The number of hydrogen-bond acceptors (Lipinski definition) is 3. The first kappa shape index (κ1) is 10.5. The second kappa shape index (κ2) is 5.94. The summed E-state index contributed by atoms with van der Waals surface area (Å²) in [7, 11) is 0. The van der Waals surface area contributed by atoms with Gasteiger partial charge in [-0.3, -0.25) is 4.79 Å². The number of hydrogen-bond donors (Lipinski definition) is 3. The molecule has 1 aliphatic rings. The molecule has 0 spiro atoms. The Hall–Kier alpha value is -0.610. The Morgan fingerprint density at radius 3 is 2.77 bits per heavy atom. The lowest BCUT2D eigenvalue weighted by molar-refractivity contribution is -0.117. The Morgan fingerprint density at radius 2 is 2.15 bits per heavy atom. The maximum Gasteiger partial charge on any atom is 0.218 e. The van der Waals surface area contributed by atoms with Crippen molar-refractivity contribution in [2.24, 2.45) is 11.7 Å². The molecule has 1 rings (SSSR count). The number of amides is 1. The van der Waals surface area contributed by atoms with Crippen LogP contribution < -0.4 is 16.4 Å². The third-order valence-electron chi connectivity index (χ3n) is 2.44. The van der Waals surface area contributed by atoms with Crippen LogP contribution in [0.2, 0.25) is 0 Å². The van der Waals surface area contributed by atoms with Gasteiger partial charge < -0.3 is 16.4 Å². The van der Waals surface area contributed by atoms with E-state index in [2.05, 4.69) is 10.6 Å². The van der Waals surface area contributed by atoms with Gasteiger partial charge in [0.1, 0.15) is 0 Å². The van der Waals surface area contributed by atoms with E-state index in [-0.39, 0.29) is 5.91 Å². The van der Waals surface area contributed by atoms with E-state index in [1.807, 2.05) is 0 Å². The molecule has 76 valence electrons. The molecule has 1 heterocycles. The summed E-state index contributed by atoms with van der Waals surface area (Å²) in [4.78, 5) is 10.4. The summed E-state index contributed by atoms with van der Waals surface area (Å²) < 4.78 is 0. The zero-order valence-corrected chi connectivity index (χ0v) is 8.01. The van der Waals surface area contributed by atoms with Crippen molar-refractivity contribution in [1.29, 1.82) is 0 Å². The van der Waals surface area contributed by atoms with Crippen molar-refractivity contribution in [3.05, 3.63) is 0 Å². The molecule has 0 aliphatic carbocycles. The van der Waals surface area contributed by atoms with Crippen LogP contribution in [0.3, 0.4) is 0 Å². The predicted octanol–water partition coefficient (Wildman–Crippen LogP) is -0.549. The molecule has 0 aromatic rings. The maximum atomic E-state index is 10.4. The largest absolute Gasteiger partial charge is 0.370 e. The third-order valence-corrected chi connectivity index (χ3v) is 2.44. The van der Waals surface area contributed by atoms with Gasteiger partial charge in [-0.1, -0.05) is 0 Å². The normalized spacial score (nSPS) is 18.8. The SMILES string of the molecule is NC(=O)CCNCC1CCNCC1. The highest BCUT2D eigenvalue weighted by atomic mass is 16.1. The molecule has 0 atom stereocenters. The van der Waals surface area contributed by atoms with Crippen LogP contribution in [0, 0.1) is 5.92 Å². The first-order valence-corrected chi connectivity index (χ1v) is 4.99. The summed E-state index contributed by atoms with van der Waals surface area (Å²) in [5.74, 6) is 0.548. The summed E-state index contributed by atoms with van der Waals surface area (Å²) in [6.45, 7) is 4.00. The number of piperidine rings is 1. The molecule has 4 heteroatoms. The number of rotatable bonds is 5. The van der Waals surface area contributed by atoms with Gasteiger partial charge in [0.05, 0.1) is 0 Å². The van der Waals surface area contributed by atoms with Gasteiger partial charge in [0.25, 0.3) is 0 Å². The molecular weight excluding hydrogens is 166 g/mol. The van der Waals surface area contributed by atoms with E-state index in [0.29, 0.717) is 6.42 Å². The molecule has 1 amide bonds. The van der Waals surface area contributed by atoms with Gasteiger partial charge in [-0.15, -0.1) is 0 Å². The Kier molecular flexibility index (Phi) is 4.78. The Balaban J connectivity index is 1.95. The minimum absolute atomic E-state index is 0.224. The zero-order valence-electron chi connectivity index (χ0n) is 8.01. The lowest BCUT2D eigenvalue weighted by Gasteiger charge is -2.22. The van der Waals surface area contributed by atoms with Crippen LogP contribution >= 0.6 is 0 Å². The lowest BCUT2D eigenvalue weighted by atomic mass is 9.98. The van der Waals surface area contributed by atoms with Crippen molar-refractivity contribution < 1.29 is 4.79 Å². The number of nitrogens with two attached hydrogens (primary N) is 1. The van der Waals surface area contributed by atoms with Crippen LogP contribution in [0.15, 0.2) is 0 Å². The monoisotopic (exact) mass is 185 g/mol. The summed E-state index contributed by atoms with van der Waals surface area (Å²) in [5.41, 5.74) is 5.02. The van der Waals surface area contributed by atoms with Crippen molar-refractivity contribution in [3.8, 4) is 0 Å². The maximum absolute atomic E-state index is 10.4. The van der Waals surface area contributed by atoms with Gasteiger partial charge >= 0.3 is 0 Å².